The van der Waals surface area contributed by atoms with Gasteiger partial charge >= 0.3 is 0 Å². The molecular weight excluding hydrogens is 232 g/mol. The van der Waals surface area contributed by atoms with Gasteiger partial charge in [-0.25, -0.2) is 0 Å². The van der Waals surface area contributed by atoms with Crippen LogP contribution in [0, 0.1) is 6.92 Å². The second kappa shape index (κ2) is 6.98. The van der Waals surface area contributed by atoms with Gasteiger partial charge in [0.25, 0.3) is 5.91 Å². The molecule has 0 radical (unpaired) electrons. The van der Waals surface area contributed by atoms with Crippen molar-refractivity contribution in [3.05, 3.63) is 29.3 Å². The molecule has 1 unspecified atom stereocenters. The van der Waals surface area contributed by atoms with E-state index in [0.717, 1.165) is 5.56 Å². The van der Waals surface area contributed by atoms with Crippen molar-refractivity contribution in [2.24, 2.45) is 0 Å². The number of anilines is 1. The summed E-state index contributed by atoms with van der Waals surface area (Å²) in [6.07, 6.45) is -0.162. The first-order chi connectivity index (χ1) is 8.58. The van der Waals surface area contributed by atoms with Crippen molar-refractivity contribution in [1.82, 2.24) is 5.32 Å². The SMILES string of the molecule is COCC(CNC(=O)c1cc(C)ccc1N)OC. The first-order valence-corrected chi connectivity index (χ1v) is 5.74. The number of hydrogen-bond donors (Lipinski definition) is 2. The van der Waals surface area contributed by atoms with E-state index in [4.69, 9.17) is 15.2 Å². The molecule has 1 aromatic carbocycles. The number of carbonyl (C=O) groups excluding carboxylic acids is 1. The highest BCUT2D eigenvalue weighted by atomic mass is 16.5. The van der Waals surface area contributed by atoms with Gasteiger partial charge in [0.15, 0.2) is 0 Å². The number of carbonyl (C=O) groups is 1. The number of rotatable bonds is 6. The lowest BCUT2D eigenvalue weighted by Gasteiger charge is -2.15. The molecular formula is C13H20N2O3. The van der Waals surface area contributed by atoms with Gasteiger partial charge in [-0.05, 0) is 19.1 Å². The molecule has 0 fully saturated rings. The molecule has 0 bridgehead atoms. The van der Waals surface area contributed by atoms with E-state index in [2.05, 4.69) is 5.32 Å². The van der Waals surface area contributed by atoms with Crippen LogP contribution in [0.15, 0.2) is 18.2 Å². The summed E-state index contributed by atoms with van der Waals surface area (Å²) in [7, 11) is 3.17. The van der Waals surface area contributed by atoms with Crippen LogP contribution in [0.5, 0.6) is 0 Å². The fourth-order valence-corrected chi connectivity index (χ4v) is 1.56. The minimum atomic E-state index is -0.200. The number of nitrogens with one attached hydrogen (secondary N) is 1. The van der Waals surface area contributed by atoms with Gasteiger partial charge in [0.2, 0.25) is 0 Å². The Morgan fingerprint density at radius 3 is 2.78 bits per heavy atom. The zero-order valence-corrected chi connectivity index (χ0v) is 11.0. The average molecular weight is 252 g/mol. The van der Waals surface area contributed by atoms with E-state index in [1.54, 1.807) is 26.4 Å². The average Bonchev–Trinajstić information content (AvgIpc) is 2.37. The first kappa shape index (κ1) is 14.5. The monoisotopic (exact) mass is 252 g/mol. The molecule has 0 heterocycles. The summed E-state index contributed by atoms with van der Waals surface area (Å²) >= 11 is 0. The maximum Gasteiger partial charge on any atom is 0.253 e. The Bertz CT molecular complexity index is 407. The van der Waals surface area contributed by atoms with Gasteiger partial charge in [-0.15, -0.1) is 0 Å². The molecule has 100 valence electrons. The Labute approximate surface area is 107 Å². The summed E-state index contributed by atoms with van der Waals surface area (Å²) in [5.41, 5.74) is 7.73. The number of ether oxygens (including phenoxy) is 2. The molecule has 0 saturated carbocycles. The van der Waals surface area contributed by atoms with E-state index in [-0.39, 0.29) is 12.0 Å². The standard InChI is InChI=1S/C13H20N2O3/c1-9-4-5-12(14)11(6-9)13(16)15-7-10(18-3)8-17-2/h4-6,10H,7-8,14H2,1-3H3,(H,15,16). The Morgan fingerprint density at radius 1 is 1.44 bits per heavy atom. The maximum absolute atomic E-state index is 12.0. The lowest BCUT2D eigenvalue weighted by molar-refractivity contribution is 0.0285. The third kappa shape index (κ3) is 4.01. The lowest BCUT2D eigenvalue weighted by Crippen LogP contribution is -2.35. The molecule has 1 amide bonds. The van der Waals surface area contributed by atoms with Crippen molar-refractivity contribution in [2.75, 3.05) is 33.1 Å². The normalized spacial score (nSPS) is 12.2. The van der Waals surface area contributed by atoms with Gasteiger partial charge in [-0.1, -0.05) is 11.6 Å². The zero-order valence-electron chi connectivity index (χ0n) is 11.0. The minimum absolute atomic E-state index is 0.162. The van der Waals surface area contributed by atoms with Gasteiger partial charge < -0.3 is 20.5 Å². The van der Waals surface area contributed by atoms with Crippen molar-refractivity contribution >= 4 is 11.6 Å². The smallest absolute Gasteiger partial charge is 0.253 e. The zero-order chi connectivity index (χ0) is 13.5. The Kier molecular flexibility index (Phi) is 5.61. The van der Waals surface area contributed by atoms with E-state index in [1.807, 2.05) is 13.0 Å². The second-order valence-electron chi connectivity index (χ2n) is 4.11. The molecule has 5 heteroatoms. The molecule has 5 nitrogen and oxygen atoms in total. The molecule has 0 spiro atoms. The van der Waals surface area contributed by atoms with Crippen LogP contribution >= 0.6 is 0 Å². The van der Waals surface area contributed by atoms with Crippen molar-refractivity contribution in [2.45, 2.75) is 13.0 Å². The highest BCUT2D eigenvalue weighted by Gasteiger charge is 2.12. The van der Waals surface area contributed by atoms with Crippen LogP contribution in [0.2, 0.25) is 0 Å². The van der Waals surface area contributed by atoms with Crippen LogP contribution in [-0.2, 0) is 9.47 Å². The van der Waals surface area contributed by atoms with Crippen LogP contribution in [0.4, 0.5) is 5.69 Å². The molecule has 0 aromatic heterocycles. The van der Waals surface area contributed by atoms with E-state index in [0.29, 0.717) is 24.4 Å². The molecule has 0 saturated heterocycles. The third-order valence-electron chi connectivity index (χ3n) is 2.63. The van der Waals surface area contributed by atoms with Crippen molar-refractivity contribution in [1.29, 1.82) is 0 Å². The van der Waals surface area contributed by atoms with Crippen LogP contribution < -0.4 is 11.1 Å². The molecule has 18 heavy (non-hydrogen) atoms. The molecule has 1 rings (SSSR count). The summed E-state index contributed by atoms with van der Waals surface area (Å²) in [5, 5.41) is 2.78. The number of aryl methyl sites for hydroxylation is 1. The van der Waals surface area contributed by atoms with Gasteiger partial charge in [-0.3, -0.25) is 4.79 Å². The minimum Gasteiger partial charge on any atom is -0.398 e. The Balaban J connectivity index is 2.62. The predicted molar refractivity (Wildman–Crippen MR) is 70.6 cm³/mol. The number of amides is 1. The van der Waals surface area contributed by atoms with E-state index in [9.17, 15) is 4.79 Å². The quantitative estimate of drug-likeness (QED) is 0.740. The summed E-state index contributed by atoms with van der Waals surface area (Å²) < 4.78 is 10.1. The molecule has 0 aliphatic rings. The Morgan fingerprint density at radius 2 is 2.17 bits per heavy atom. The van der Waals surface area contributed by atoms with Crippen LogP contribution in [0.25, 0.3) is 0 Å². The van der Waals surface area contributed by atoms with Gasteiger partial charge in [0.05, 0.1) is 18.3 Å². The topological polar surface area (TPSA) is 73.6 Å². The van der Waals surface area contributed by atoms with Crippen molar-refractivity contribution in [3.8, 4) is 0 Å². The van der Waals surface area contributed by atoms with Crippen LogP contribution in [0.1, 0.15) is 15.9 Å². The number of benzene rings is 1. The molecule has 0 aliphatic heterocycles. The maximum atomic E-state index is 12.0. The van der Waals surface area contributed by atoms with E-state index >= 15 is 0 Å². The van der Waals surface area contributed by atoms with Gasteiger partial charge in [0, 0.05) is 26.5 Å². The fourth-order valence-electron chi connectivity index (χ4n) is 1.56. The molecule has 1 atom stereocenters. The molecule has 0 aliphatic carbocycles. The molecule has 3 N–H and O–H groups in total. The Hall–Kier alpha value is -1.59. The predicted octanol–water partition coefficient (Wildman–Crippen LogP) is 0.968. The number of nitrogens with two attached hydrogens (primary N) is 1. The number of methoxy groups -OCH3 is 2. The summed E-state index contributed by atoms with van der Waals surface area (Å²) in [5.74, 6) is -0.200. The third-order valence-corrected chi connectivity index (χ3v) is 2.63. The van der Waals surface area contributed by atoms with E-state index in [1.165, 1.54) is 0 Å². The first-order valence-electron chi connectivity index (χ1n) is 5.74. The summed E-state index contributed by atoms with van der Waals surface area (Å²) in [6.45, 7) is 2.73. The van der Waals surface area contributed by atoms with Gasteiger partial charge in [0.1, 0.15) is 0 Å². The van der Waals surface area contributed by atoms with Crippen LogP contribution in [0.3, 0.4) is 0 Å². The second-order valence-corrected chi connectivity index (χ2v) is 4.11. The highest BCUT2D eigenvalue weighted by Crippen LogP contribution is 2.13. The highest BCUT2D eigenvalue weighted by molar-refractivity contribution is 5.99. The molecule has 1 aromatic rings. The lowest BCUT2D eigenvalue weighted by atomic mass is 10.1. The fraction of sp³-hybridized carbons (Fsp3) is 0.462. The van der Waals surface area contributed by atoms with E-state index < -0.39 is 0 Å². The summed E-state index contributed by atoms with van der Waals surface area (Å²) in [6, 6.07) is 5.37. The van der Waals surface area contributed by atoms with Gasteiger partial charge in [-0.2, -0.15) is 0 Å². The largest absolute Gasteiger partial charge is 0.398 e. The van der Waals surface area contributed by atoms with Crippen LogP contribution in [-0.4, -0.2) is 39.4 Å². The number of hydrogen-bond acceptors (Lipinski definition) is 4. The summed E-state index contributed by atoms with van der Waals surface area (Å²) in [4.78, 5) is 12.0. The van der Waals surface area contributed by atoms with Crippen molar-refractivity contribution < 1.29 is 14.3 Å². The number of nitrogen functional groups attached to an aromatic ring is 1. The van der Waals surface area contributed by atoms with Crippen molar-refractivity contribution in [3.63, 3.8) is 0 Å².